The minimum absolute atomic E-state index is 0.207. The van der Waals surface area contributed by atoms with Gasteiger partial charge in [-0.25, -0.2) is 5.43 Å². The molecule has 0 bridgehead atoms. The van der Waals surface area contributed by atoms with E-state index in [1.807, 2.05) is 31.2 Å². The zero-order valence-electron chi connectivity index (χ0n) is 11.8. The molecule has 1 aliphatic heterocycles. The smallest absolute Gasteiger partial charge is 0.271 e. The molecular weight excluding hydrogens is 348 g/mol. The summed E-state index contributed by atoms with van der Waals surface area (Å²) in [5.41, 5.74) is 4.82. The first kappa shape index (κ1) is 14.6. The zero-order chi connectivity index (χ0) is 15.5. The average Bonchev–Trinajstić information content (AvgIpc) is 2.96. The van der Waals surface area contributed by atoms with E-state index >= 15 is 0 Å². The predicted octanol–water partition coefficient (Wildman–Crippen LogP) is 3.25. The highest BCUT2D eigenvalue weighted by Gasteiger charge is 2.17. The maximum absolute atomic E-state index is 12.0. The number of ether oxygens (including phenoxy) is 2. The van der Waals surface area contributed by atoms with E-state index in [4.69, 9.17) is 9.47 Å². The van der Waals surface area contributed by atoms with E-state index < -0.39 is 0 Å². The van der Waals surface area contributed by atoms with Crippen LogP contribution in [-0.2, 0) is 0 Å². The minimum Gasteiger partial charge on any atom is -0.454 e. The zero-order valence-corrected chi connectivity index (χ0v) is 13.4. The van der Waals surface area contributed by atoms with E-state index in [9.17, 15) is 4.79 Å². The van der Waals surface area contributed by atoms with Crippen LogP contribution in [0.4, 0.5) is 0 Å². The fourth-order valence-electron chi connectivity index (χ4n) is 2.12. The number of hydrazone groups is 1. The normalized spacial score (nSPS) is 12.6. The van der Waals surface area contributed by atoms with Gasteiger partial charge in [0, 0.05) is 5.56 Å². The van der Waals surface area contributed by atoms with Crippen molar-refractivity contribution in [2.24, 2.45) is 5.10 Å². The third-order valence-electron chi connectivity index (χ3n) is 3.22. The summed E-state index contributed by atoms with van der Waals surface area (Å²) in [5, 5.41) is 3.98. The van der Waals surface area contributed by atoms with Crippen molar-refractivity contribution in [3.05, 3.63) is 57.6 Å². The quantitative estimate of drug-likeness (QED) is 0.675. The number of rotatable bonds is 3. The maximum atomic E-state index is 12.0. The number of benzene rings is 2. The molecule has 0 fully saturated rings. The number of halogens is 1. The van der Waals surface area contributed by atoms with Crippen LogP contribution in [0.3, 0.4) is 0 Å². The molecule has 2 aromatic carbocycles. The second kappa shape index (κ2) is 6.19. The molecule has 112 valence electrons. The lowest BCUT2D eigenvalue weighted by Crippen LogP contribution is -2.18. The van der Waals surface area contributed by atoms with Crippen molar-refractivity contribution in [2.75, 3.05) is 6.79 Å². The maximum Gasteiger partial charge on any atom is 0.271 e. The van der Waals surface area contributed by atoms with Gasteiger partial charge in [0.1, 0.15) is 0 Å². The van der Waals surface area contributed by atoms with Gasteiger partial charge in [-0.05, 0) is 52.2 Å². The Hall–Kier alpha value is -2.34. The van der Waals surface area contributed by atoms with Crippen molar-refractivity contribution in [3.8, 4) is 11.5 Å². The van der Waals surface area contributed by atoms with E-state index in [1.54, 1.807) is 18.3 Å². The lowest BCUT2D eigenvalue weighted by atomic mass is 10.1. The van der Waals surface area contributed by atoms with Crippen molar-refractivity contribution in [1.82, 2.24) is 5.43 Å². The fourth-order valence-corrected chi connectivity index (χ4v) is 2.69. The van der Waals surface area contributed by atoms with Crippen molar-refractivity contribution in [3.63, 3.8) is 0 Å². The molecule has 22 heavy (non-hydrogen) atoms. The molecule has 0 aliphatic carbocycles. The van der Waals surface area contributed by atoms with Gasteiger partial charge in [-0.1, -0.05) is 18.2 Å². The molecule has 1 amide bonds. The number of hydrogen-bond acceptors (Lipinski definition) is 4. The van der Waals surface area contributed by atoms with E-state index in [0.717, 1.165) is 15.6 Å². The molecule has 1 heterocycles. The van der Waals surface area contributed by atoms with Crippen LogP contribution in [0.1, 0.15) is 21.5 Å². The van der Waals surface area contributed by atoms with Crippen LogP contribution in [0.2, 0.25) is 0 Å². The van der Waals surface area contributed by atoms with Crippen molar-refractivity contribution >= 4 is 28.1 Å². The summed E-state index contributed by atoms with van der Waals surface area (Å²) in [5.74, 6) is 1.09. The summed E-state index contributed by atoms with van der Waals surface area (Å²) in [7, 11) is 0. The van der Waals surface area contributed by atoms with E-state index in [-0.39, 0.29) is 12.7 Å². The van der Waals surface area contributed by atoms with Crippen LogP contribution in [0.5, 0.6) is 11.5 Å². The van der Waals surface area contributed by atoms with Gasteiger partial charge in [-0.3, -0.25) is 4.79 Å². The van der Waals surface area contributed by atoms with Gasteiger partial charge in [-0.15, -0.1) is 0 Å². The van der Waals surface area contributed by atoms with Gasteiger partial charge in [0.15, 0.2) is 11.5 Å². The second-order valence-corrected chi connectivity index (χ2v) is 5.60. The SMILES string of the molecule is Cc1ccccc1C(=O)N/N=C\c1cc(Br)c2c(c1)OCO2. The summed E-state index contributed by atoms with van der Waals surface area (Å²) >= 11 is 3.41. The Balaban J connectivity index is 1.72. The predicted molar refractivity (Wildman–Crippen MR) is 86.5 cm³/mol. The molecule has 0 saturated heterocycles. The van der Waals surface area contributed by atoms with Gasteiger partial charge in [0.05, 0.1) is 10.7 Å². The first-order valence-corrected chi connectivity index (χ1v) is 7.42. The number of carbonyl (C=O) groups excluding carboxylic acids is 1. The lowest BCUT2D eigenvalue weighted by Gasteiger charge is -2.03. The molecule has 0 radical (unpaired) electrons. The van der Waals surface area contributed by atoms with Crippen LogP contribution >= 0.6 is 15.9 Å². The van der Waals surface area contributed by atoms with Crippen LogP contribution in [0, 0.1) is 6.92 Å². The molecular formula is C16H13BrN2O3. The van der Waals surface area contributed by atoms with Crippen molar-refractivity contribution in [1.29, 1.82) is 0 Å². The first-order valence-electron chi connectivity index (χ1n) is 6.63. The number of nitrogens with one attached hydrogen (secondary N) is 1. The number of carbonyl (C=O) groups is 1. The molecule has 2 aromatic rings. The highest BCUT2D eigenvalue weighted by Crippen LogP contribution is 2.39. The second-order valence-electron chi connectivity index (χ2n) is 4.75. The standard InChI is InChI=1S/C16H13BrN2O3/c1-10-4-2-3-5-12(10)16(20)19-18-8-11-6-13(17)15-14(7-11)21-9-22-15/h2-8H,9H2,1H3,(H,19,20)/b18-8-. The summed E-state index contributed by atoms with van der Waals surface area (Å²) < 4.78 is 11.4. The first-order chi connectivity index (χ1) is 10.6. The van der Waals surface area contributed by atoms with E-state index in [1.165, 1.54) is 0 Å². The Morgan fingerprint density at radius 1 is 1.32 bits per heavy atom. The monoisotopic (exact) mass is 360 g/mol. The van der Waals surface area contributed by atoms with Crippen LogP contribution < -0.4 is 14.9 Å². The molecule has 0 unspecified atom stereocenters. The number of aryl methyl sites for hydroxylation is 1. The van der Waals surface area contributed by atoms with Crippen molar-refractivity contribution < 1.29 is 14.3 Å². The van der Waals surface area contributed by atoms with Gasteiger partial charge < -0.3 is 9.47 Å². The Kier molecular flexibility index (Phi) is 4.11. The molecule has 0 spiro atoms. The van der Waals surface area contributed by atoms with Gasteiger partial charge in [0.25, 0.3) is 5.91 Å². The Bertz CT molecular complexity index is 759. The number of hydrogen-bond donors (Lipinski definition) is 1. The molecule has 1 N–H and O–H groups in total. The highest BCUT2D eigenvalue weighted by atomic mass is 79.9. The largest absolute Gasteiger partial charge is 0.454 e. The van der Waals surface area contributed by atoms with Gasteiger partial charge in [-0.2, -0.15) is 5.10 Å². The summed E-state index contributed by atoms with van der Waals surface area (Å²) in [6.45, 7) is 2.09. The van der Waals surface area contributed by atoms with Gasteiger partial charge >= 0.3 is 0 Å². The topological polar surface area (TPSA) is 59.9 Å². The Morgan fingerprint density at radius 2 is 2.14 bits per heavy atom. The summed E-state index contributed by atoms with van der Waals surface area (Å²) in [6.07, 6.45) is 1.56. The Morgan fingerprint density at radius 3 is 2.95 bits per heavy atom. The van der Waals surface area contributed by atoms with Crippen molar-refractivity contribution in [2.45, 2.75) is 6.92 Å². The molecule has 0 saturated carbocycles. The molecule has 1 aliphatic rings. The molecule has 5 nitrogen and oxygen atoms in total. The molecule has 0 atom stereocenters. The van der Waals surface area contributed by atoms with Gasteiger partial charge in [0.2, 0.25) is 6.79 Å². The molecule has 0 aromatic heterocycles. The fraction of sp³-hybridized carbons (Fsp3) is 0.125. The Labute approximate surface area is 136 Å². The number of nitrogens with zero attached hydrogens (tertiary/aromatic N) is 1. The third-order valence-corrected chi connectivity index (χ3v) is 3.81. The van der Waals surface area contributed by atoms with Crippen LogP contribution in [0.25, 0.3) is 0 Å². The van der Waals surface area contributed by atoms with E-state index in [0.29, 0.717) is 17.1 Å². The van der Waals surface area contributed by atoms with E-state index in [2.05, 4.69) is 26.5 Å². The third kappa shape index (κ3) is 2.96. The minimum atomic E-state index is -0.242. The summed E-state index contributed by atoms with van der Waals surface area (Å²) in [4.78, 5) is 12.0. The average molecular weight is 361 g/mol. The number of fused-ring (bicyclic) bond motifs is 1. The highest BCUT2D eigenvalue weighted by molar-refractivity contribution is 9.10. The molecule has 3 rings (SSSR count). The number of amides is 1. The lowest BCUT2D eigenvalue weighted by molar-refractivity contribution is 0.0954. The molecule has 6 heteroatoms. The van der Waals surface area contributed by atoms with Crippen LogP contribution in [0.15, 0.2) is 46.0 Å². The van der Waals surface area contributed by atoms with Crippen LogP contribution in [-0.4, -0.2) is 18.9 Å². The summed E-state index contributed by atoms with van der Waals surface area (Å²) in [6, 6.07) is 11.0.